The lowest BCUT2D eigenvalue weighted by atomic mass is 10.2. The van der Waals surface area contributed by atoms with Gasteiger partial charge in [-0.1, -0.05) is 54.1 Å². The molecule has 0 saturated heterocycles. The van der Waals surface area contributed by atoms with Crippen molar-refractivity contribution < 1.29 is 4.79 Å². The van der Waals surface area contributed by atoms with Crippen LogP contribution in [0.25, 0.3) is 22.2 Å². The monoisotopic (exact) mass is 440 g/mol. The second kappa shape index (κ2) is 8.13. The predicted molar refractivity (Wildman–Crippen MR) is 128 cm³/mol. The van der Waals surface area contributed by atoms with Crippen LogP contribution in [0, 0.1) is 0 Å². The minimum atomic E-state index is -0.385. The summed E-state index contributed by atoms with van der Waals surface area (Å²) in [6.45, 7) is 0. The lowest BCUT2D eigenvalue weighted by molar-refractivity contribution is 0.102. The van der Waals surface area contributed by atoms with E-state index in [1.807, 2.05) is 54.6 Å². The number of amides is 1. The summed E-state index contributed by atoms with van der Waals surface area (Å²) in [7, 11) is 0. The number of anilines is 2. The highest BCUT2D eigenvalue weighted by molar-refractivity contribution is 6.30. The van der Waals surface area contributed by atoms with Gasteiger partial charge >= 0.3 is 0 Å². The summed E-state index contributed by atoms with van der Waals surface area (Å²) in [6, 6.07) is 23.8. The Balaban J connectivity index is 1.67. The van der Waals surface area contributed by atoms with Crippen molar-refractivity contribution in [1.82, 2.24) is 14.6 Å². The molecule has 0 bridgehead atoms. The molecule has 3 N–H and O–H groups in total. The van der Waals surface area contributed by atoms with E-state index in [1.165, 1.54) is 4.68 Å². The predicted octanol–water partition coefficient (Wildman–Crippen LogP) is 4.95. The number of carbonyl (C=O) groups is 1. The minimum absolute atomic E-state index is 0.147. The molecule has 0 atom stereocenters. The lowest BCUT2D eigenvalue weighted by Gasteiger charge is -2.05. The number of nitrogen functional groups attached to an aromatic ring is 1. The quantitative estimate of drug-likeness (QED) is 0.386. The van der Waals surface area contributed by atoms with E-state index in [9.17, 15) is 4.79 Å². The molecule has 2 heterocycles. The van der Waals surface area contributed by atoms with Crippen molar-refractivity contribution in [2.75, 3.05) is 11.1 Å². The van der Waals surface area contributed by atoms with Crippen molar-refractivity contribution in [3.63, 3.8) is 0 Å². The van der Waals surface area contributed by atoms with Crippen LogP contribution in [0.2, 0.25) is 5.02 Å². The molecule has 8 heteroatoms. The number of nitrogens with one attached hydrogen (secondary N) is 1. The number of para-hydroxylation sites is 3. The van der Waals surface area contributed by atoms with Gasteiger partial charge in [0.2, 0.25) is 0 Å². The number of aromatic nitrogens is 3. The first-order valence-corrected chi connectivity index (χ1v) is 10.2. The highest BCUT2D eigenvalue weighted by Gasteiger charge is 2.24. The van der Waals surface area contributed by atoms with Gasteiger partial charge in [-0.25, -0.2) is 9.97 Å². The maximum Gasteiger partial charge on any atom is 0.261 e. The van der Waals surface area contributed by atoms with Crippen LogP contribution in [-0.4, -0.2) is 26.8 Å². The van der Waals surface area contributed by atoms with E-state index in [0.717, 1.165) is 5.56 Å². The van der Waals surface area contributed by atoms with E-state index in [1.54, 1.807) is 30.5 Å². The average Bonchev–Trinajstić information content (AvgIpc) is 3.08. The molecule has 0 radical (unpaired) electrons. The zero-order valence-electron chi connectivity index (χ0n) is 16.7. The number of carbonyl (C=O) groups excluding carboxylic acids is 1. The zero-order valence-corrected chi connectivity index (χ0v) is 17.5. The van der Waals surface area contributed by atoms with E-state index < -0.39 is 0 Å². The van der Waals surface area contributed by atoms with Gasteiger partial charge < -0.3 is 11.1 Å². The molecule has 0 saturated carbocycles. The standard InChI is InChI=1S/C24H17ClN6O/c25-16-12-10-15(11-13-16)14-27-31-22(26)20(24(32)28-17-6-2-1-3-7-17)21-23(31)30-19-9-5-4-8-18(19)29-21/h1-14H,26H2,(H,28,32)/b27-14-. The van der Waals surface area contributed by atoms with Crippen LogP contribution in [0.1, 0.15) is 15.9 Å². The summed E-state index contributed by atoms with van der Waals surface area (Å²) in [5.41, 5.74) is 10.2. The van der Waals surface area contributed by atoms with Gasteiger partial charge in [-0.2, -0.15) is 9.78 Å². The van der Waals surface area contributed by atoms with E-state index >= 15 is 0 Å². The Kier molecular flexibility index (Phi) is 5.01. The van der Waals surface area contributed by atoms with Gasteiger partial charge in [-0.3, -0.25) is 4.79 Å². The lowest BCUT2D eigenvalue weighted by Crippen LogP contribution is -2.14. The molecule has 2 aromatic heterocycles. The van der Waals surface area contributed by atoms with Crippen LogP contribution in [0.15, 0.2) is 84.0 Å². The number of nitrogens with zero attached hydrogens (tertiary/aromatic N) is 4. The average molecular weight is 441 g/mol. The molecule has 3 aromatic carbocycles. The Morgan fingerprint density at radius 1 is 0.938 bits per heavy atom. The van der Waals surface area contributed by atoms with Gasteiger partial charge in [-0.15, -0.1) is 0 Å². The number of rotatable bonds is 4. The topological polar surface area (TPSA) is 98.2 Å². The first kappa shape index (κ1) is 19.7. The molecule has 5 rings (SSSR count). The number of hydrogen-bond donors (Lipinski definition) is 2. The van der Waals surface area contributed by atoms with Crippen LogP contribution >= 0.6 is 11.6 Å². The number of hydrogen-bond acceptors (Lipinski definition) is 5. The summed E-state index contributed by atoms with van der Waals surface area (Å²) in [6.07, 6.45) is 1.63. The first-order valence-electron chi connectivity index (χ1n) is 9.83. The van der Waals surface area contributed by atoms with E-state index in [-0.39, 0.29) is 17.3 Å². The Labute approximate surface area is 188 Å². The summed E-state index contributed by atoms with van der Waals surface area (Å²) in [5.74, 6) is -0.238. The molecule has 32 heavy (non-hydrogen) atoms. The molecule has 0 aliphatic heterocycles. The van der Waals surface area contributed by atoms with Crippen molar-refractivity contribution >= 4 is 57.4 Å². The summed E-state index contributed by atoms with van der Waals surface area (Å²) in [5, 5.41) is 7.99. The largest absolute Gasteiger partial charge is 0.383 e. The maximum atomic E-state index is 13.2. The van der Waals surface area contributed by atoms with Gasteiger partial charge in [0.25, 0.3) is 5.91 Å². The number of fused-ring (bicyclic) bond motifs is 2. The second-order valence-electron chi connectivity index (χ2n) is 7.07. The SMILES string of the molecule is Nc1c(C(=O)Nc2ccccc2)c2nc3ccccc3nc2n1/N=C\c1ccc(Cl)cc1. The van der Waals surface area contributed by atoms with Crippen LogP contribution in [0.3, 0.4) is 0 Å². The molecule has 7 nitrogen and oxygen atoms in total. The Bertz CT molecular complexity index is 1480. The normalized spacial score (nSPS) is 11.4. The van der Waals surface area contributed by atoms with Crippen molar-refractivity contribution in [2.24, 2.45) is 5.10 Å². The summed E-state index contributed by atoms with van der Waals surface area (Å²) < 4.78 is 1.43. The maximum absolute atomic E-state index is 13.2. The summed E-state index contributed by atoms with van der Waals surface area (Å²) in [4.78, 5) is 22.5. The molecule has 1 amide bonds. The first-order chi connectivity index (χ1) is 15.6. The Morgan fingerprint density at radius 3 is 2.31 bits per heavy atom. The molecule has 0 spiro atoms. The van der Waals surface area contributed by atoms with Gasteiger partial charge in [0.05, 0.1) is 17.2 Å². The molecule has 0 aliphatic carbocycles. The van der Waals surface area contributed by atoms with Gasteiger partial charge in [0.1, 0.15) is 16.9 Å². The zero-order chi connectivity index (χ0) is 22.1. The van der Waals surface area contributed by atoms with Crippen LogP contribution in [0.5, 0.6) is 0 Å². The van der Waals surface area contributed by atoms with Crippen LogP contribution < -0.4 is 11.1 Å². The molecular weight excluding hydrogens is 424 g/mol. The van der Waals surface area contributed by atoms with Crippen molar-refractivity contribution in [3.8, 4) is 0 Å². The van der Waals surface area contributed by atoms with Crippen LogP contribution in [0.4, 0.5) is 11.5 Å². The third-order valence-electron chi connectivity index (χ3n) is 4.92. The fourth-order valence-corrected chi connectivity index (χ4v) is 3.50. The van der Waals surface area contributed by atoms with Gasteiger partial charge in [0.15, 0.2) is 5.65 Å². The second-order valence-corrected chi connectivity index (χ2v) is 7.51. The highest BCUT2D eigenvalue weighted by atomic mass is 35.5. The fraction of sp³-hybridized carbons (Fsp3) is 0. The third kappa shape index (κ3) is 3.66. The Morgan fingerprint density at radius 2 is 1.59 bits per heavy atom. The van der Waals surface area contributed by atoms with Crippen LogP contribution in [-0.2, 0) is 0 Å². The van der Waals surface area contributed by atoms with Crippen molar-refractivity contribution in [1.29, 1.82) is 0 Å². The van der Waals surface area contributed by atoms with E-state index in [4.69, 9.17) is 17.3 Å². The number of halogens is 1. The molecule has 156 valence electrons. The van der Waals surface area contributed by atoms with Crippen molar-refractivity contribution in [2.45, 2.75) is 0 Å². The number of nitrogens with two attached hydrogens (primary N) is 1. The molecule has 0 aliphatic rings. The smallest absolute Gasteiger partial charge is 0.261 e. The molecular formula is C24H17ClN6O. The molecule has 0 unspecified atom stereocenters. The number of benzene rings is 3. The Hall–Kier alpha value is -4.23. The van der Waals surface area contributed by atoms with E-state index in [2.05, 4.69) is 20.4 Å². The van der Waals surface area contributed by atoms with Gasteiger partial charge in [-0.05, 0) is 42.0 Å². The molecule has 5 aromatic rings. The fourth-order valence-electron chi connectivity index (χ4n) is 3.38. The van der Waals surface area contributed by atoms with E-state index in [0.29, 0.717) is 32.9 Å². The molecule has 0 fully saturated rings. The summed E-state index contributed by atoms with van der Waals surface area (Å²) >= 11 is 5.96. The van der Waals surface area contributed by atoms with Crippen molar-refractivity contribution in [3.05, 3.63) is 95.0 Å². The van der Waals surface area contributed by atoms with Gasteiger partial charge in [0, 0.05) is 10.7 Å². The highest BCUT2D eigenvalue weighted by Crippen LogP contribution is 2.28. The third-order valence-corrected chi connectivity index (χ3v) is 5.18. The minimum Gasteiger partial charge on any atom is -0.383 e.